The Hall–Kier alpha value is -3.58. The van der Waals surface area contributed by atoms with E-state index in [2.05, 4.69) is 59.2 Å². The monoisotopic (exact) mass is 528 g/mol. The fourth-order valence-corrected chi connectivity index (χ4v) is 5.11. The Morgan fingerprint density at radius 2 is 1.79 bits per heavy atom. The number of aryl methyl sites for hydroxylation is 2. The number of nitrogens with one attached hydrogen (secondary N) is 1. The minimum atomic E-state index is -0.00233. The van der Waals surface area contributed by atoms with Crippen LogP contribution in [0.2, 0.25) is 0 Å². The number of hydrogen-bond donors (Lipinski definition) is 1. The van der Waals surface area contributed by atoms with Gasteiger partial charge in [0.15, 0.2) is 0 Å². The highest BCUT2D eigenvalue weighted by molar-refractivity contribution is 5.93. The van der Waals surface area contributed by atoms with Gasteiger partial charge in [0.2, 0.25) is 0 Å². The third-order valence-corrected chi connectivity index (χ3v) is 7.13. The molecule has 0 aliphatic carbocycles. The van der Waals surface area contributed by atoms with Gasteiger partial charge < -0.3 is 10.2 Å². The van der Waals surface area contributed by atoms with E-state index in [9.17, 15) is 4.79 Å². The van der Waals surface area contributed by atoms with Gasteiger partial charge in [-0.05, 0) is 82.1 Å². The first kappa shape index (κ1) is 30.0. The van der Waals surface area contributed by atoms with E-state index in [1.54, 1.807) is 25.2 Å². The number of carbonyl (C=O) groups is 1. The first-order valence-corrected chi connectivity index (χ1v) is 13.9. The molecule has 39 heavy (non-hydrogen) atoms. The van der Waals surface area contributed by atoms with Crippen LogP contribution in [0.1, 0.15) is 72.4 Å². The first-order valence-electron chi connectivity index (χ1n) is 13.9. The van der Waals surface area contributed by atoms with Gasteiger partial charge in [-0.1, -0.05) is 25.5 Å². The molecular weight excluding hydrogens is 484 g/mol. The number of pyridine rings is 3. The van der Waals surface area contributed by atoms with Gasteiger partial charge in [0.05, 0.1) is 5.56 Å². The SMILES string of the molecule is CC.CNc1ccc(-c2ccnc(C)c2/C=C(\C)CN2CCC(c3ncc(C(=O)N(C)C)cc3C)CC2)cn1. The van der Waals surface area contributed by atoms with Gasteiger partial charge in [0.1, 0.15) is 5.82 Å². The number of hydrogen-bond acceptors (Lipinski definition) is 6. The van der Waals surface area contributed by atoms with Crippen molar-refractivity contribution >= 4 is 17.8 Å². The maximum Gasteiger partial charge on any atom is 0.254 e. The molecule has 1 fully saturated rings. The van der Waals surface area contributed by atoms with Gasteiger partial charge in [0, 0.05) is 74.7 Å². The minimum absolute atomic E-state index is 0.00233. The summed E-state index contributed by atoms with van der Waals surface area (Å²) in [6.07, 6.45) is 9.94. The smallest absolute Gasteiger partial charge is 0.254 e. The van der Waals surface area contributed by atoms with Crippen molar-refractivity contribution in [2.45, 2.75) is 53.4 Å². The summed E-state index contributed by atoms with van der Waals surface area (Å²) in [7, 11) is 5.42. The first-order chi connectivity index (χ1) is 18.8. The van der Waals surface area contributed by atoms with Crippen molar-refractivity contribution in [1.29, 1.82) is 0 Å². The Bertz CT molecular complexity index is 1270. The number of amides is 1. The predicted octanol–water partition coefficient (Wildman–Crippen LogP) is 6.21. The molecule has 1 aliphatic rings. The molecule has 0 spiro atoms. The number of piperidine rings is 1. The third-order valence-electron chi connectivity index (χ3n) is 7.13. The average molecular weight is 529 g/mol. The van der Waals surface area contributed by atoms with Crippen LogP contribution in [0.3, 0.4) is 0 Å². The standard InChI is InChI=1S/C30H38N6O.C2H6/c1-20(15-27-22(3)32-12-9-26(27)24-7-8-28(31-4)33-17-24)19-36-13-10-23(11-14-36)29-21(2)16-25(18-34-29)30(37)35(5)6;1-2/h7-9,12,15-18,23H,10-11,13-14,19H2,1-6H3,(H,31,33);1-2H3/b20-15+;. The van der Waals surface area contributed by atoms with Crippen LogP contribution in [0.4, 0.5) is 5.82 Å². The van der Waals surface area contributed by atoms with Crippen molar-refractivity contribution in [2.75, 3.05) is 46.1 Å². The number of aromatic nitrogens is 3. The molecule has 0 radical (unpaired) electrons. The number of likely N-dealkylation sites (tertiary alicyclic amines) is 1. The van der Waals surface area contributed by atoms with Crippen molar-refractivity contribution < 1.29 is 4.79 Å². The molecule has 0 atom stereocenters. The Morgan fingerprint density at radius 3 is 2.38 bits per heavy atom. The van der Waals surface area contributed by atoms with E-state index in [-0.39, 0.29) is 5.91 Å². The molecule has 1 amide bonds. The summed E-state index contributed by atoms with van der Waals surface area (Å²) in [5.74, 6) is 1.29. The molecule has 7 nitrogen and oxygen atoms in total. The Morgan fingerprint density at radius 1 is 1.08 bits per heavy atom. The molecule has 3 aromatic heterocycles. The van der Waals surface area contributed by atoms with Crippen molar-refractivity contribution in [3.05, 3.63) is 76.5 Å². The third kappa shape index (κ3) is 7.51. The number of carbonyl (C=O) groups excluding carboxylic acids is 1. The van der Waals surface area contributed by atoms with Crippen molar-refractivity contribution in [1.82, 2.24) is 24.8 Å². The number of rotatable bonds is 7. The van der Waals surface area contributed by atoms with E-state index >= 15 is 0 Å². The second kappa shape index (κ2) is 14.0. The minimum Gasteiger partial charge on any atom is -0.373 e. The maximum atomic E-state index is 12.3. The summed E-state index contributed by atoms with van der Waals surface area (Å²) in [5.41, 5.74) is 8.63. The van der Waals surface area contributed by atoms with Crippen molar-refractivity contribution in [2.24, 2.45) is 0 Å². The highest BCUT2D eigenvalue weighted by atomic mass is 16.2. The Kier molecular flexibility index (Phi) is 10.8. The summed E-state index contributed by atoms with van der Waals surface area (Å²) in [6.45, 7) is 13.3. The fraction of sp³-hybridized carbons (Fsp3) is 0.438. The zero-order valence-electron chi connectivity index (χ0n) is 24.9. The van der Waals surface area contributed by atoms with E-state index in [1.165, 1.54) is 5.57 Å². The summed E-state index contributed by atoms with van der Waals surface area (Å²) >= 11 is 0. The highest BCUT2D eigenvalue weighted by Gasteiger charge is 2.24. The predicted molar refractivity (Wildman–Crippen MR) is 162 cm³/mol. The zero-order chi connectivity index (χ0) is 28.5. The van der Waals surface area contributed by atoms with Gasteiger partial charge >= 0.3 is 0 Å². The van der Waals surface area contributed by atoms with Crippen LogP contribution in [0.25, 0.3) is 17.2 Å². The van der Waals surface area contributed by atoms with E-state index in [1.807, 2.05) is 45.4 Å². The molecule has 1 N–H and O–H groups in total. The summed E-state index contributed by atoms with van der Waals surface area (Å²) in [6, 6.07) is 8.16. The molecular formula is C32H44N6O. The molecule has 1 aliphatic heterocycles. The second-order valence-corrected chi connectivity index (χ2v) is 10.2. The van der Waals surface area contributed by atoms with Crippen LogP contribution in [0, 0.1) is 13.8 Å². The van der Waals surface area contributed by atoms with Crippen molar-refractivity contribution in [3.8, 4) is 11.1 Å². The van der Waals surface area contributed by atoms with Crippen LogP contribution in [0.15, 0.2) is 48.4 Å². The molecule has 0 aromatic carbocycles. The topological polar surface area (TPSA) is 74.2 Å². The normalized spacial score (nSPS) is 14.4. The molecule has 208 valence electrons. The van der Waals surface area contributed by atoms with Crippen LogP contribution in [0.5, 0.6) is 0 Å². The molecule has 7 heteroatoms. The molecule has 0 saturated carbocycles. The van der Waals surface area contributed by atoms with E-state index in [0.29, 0.717) is 11.5 Å². The average Bonchev–Trinajstić information content (AvgIpc) is 2.95. The van der Waals surface area contributed by atoms with Crippen LogP contribution in [-0.2, 0) is 0 Å². The van der Waals surface area contributed by atoms with Gasteiger partial charge in [-0.15, -0.1) is 0 Å². The molecule has 3 aromatic rings. The Labute approximate surface area is 234 Å². The lowest BCUT2D eigenvalue weighted by Crippen LogP contribution is -2.34. The zero-order valence-corrected chi connectivity index (χ0v) is 24.9. The van der Waals surface area contributed by atoms with Gasteiger partial charge in [-0.25, -0.2) is 4.98 Å². The lowest BCUT2D eigenvalue weighted by Gasteiger charge is -2.32. The van der Waals surface area contributed by atoms with E-state index < -0.39 is 0 Å². The molecule has 0 bridgehead atoms. The van der Waals surface area contributed by atoms with E-state index in [4.69, 9.17) is 4.98 Å². The lowest BCUT2D eigenvalue weighted by atomic mass is 9.90. The summed E-state index contributed by atoms with van der Waals surface area (Å²) < 4.78 is 0. The van der Waals surface area contributed by atoms with Crippen LogP contribution < -0.4 is 5.32 Å². The quantitative estimate of drug-likeness (QED) is 0.393. The lowest BCUT2D eigenvalue weighted by molar-refractivity contribution is 0.0827. The van der Waals surface area contributed by atoms with Gasteiger partial charge in [-0.3, -0.25) is 19.7 Å². The molecule has 4 rings (SSSR count). The largest absolute Gasteiger partial charge is 0.373 e. The van der Waals surface area contributed by atoms with Crippen molar-refractivity contribution in [3.63, 3.8) is 0 Å². The second-order valence-electron chi connectivity index (χ2n) is 10.2. The fourth-order valence-electron chi connectivity index (χ4n) is 5.11. The van der Waals surface area contributed by atoms with Gasteiger partial charge in [0.25, 0.3) is 5.91 Å². The molecule has 4 heterocycles. The Balaban J connectivity index is 0.00000205. The summed E-state index contributed by atoms with van der Waals surface area (Å²) in [5, 5.41) is 3.08. The van der Waals surface area contributed by atoms with Gasteiger partial charge in [-0.2, -0.15) is 0 Å². The highest BCUT2D eigenvalue weighted by Crippen LogP contribution is 2.31. The molecule has 1 saturated heterocycles. The van der Waals surface area contributed by atoms with Crippen LogP contribution >= 0.6 is 0 Å². The maximum absolute atomic E-state index is 12.3. The number of nitrogens with zero attached hydrogens (tertiary/aromatic N) is 5. The number of anilines is 1. The van der Waals surface area contributed by atoms with E-state index in [0.717, 1.165) is 71.9 Å². The summed E-state index contributed by atoms with van der Waals surface area (Å²) in [4.78, 5) is 30.2. The molecule has 0 unspecified atom stereocenters. The van der Waals surface area contributed by atoms with Crippen LogP contribution in [-0.4, -0.2) is 71.4 Å².